The van der Waals surface area contributed by atoms with E-state index in [2.05, 4.69) is 15.5 Å². The number of benzene rings is 2. The van der Waals surface area contributed by atoms with E-state index < -0.39 is 0 Å². The Morgan fingerprint density at radius 3 is 2.50 bits per heavy atom. The first-order valence-electron chi connectivity index (χ1n) is 7.40. The third kappa shape index (κ3) is 3.63. The molecule has 122 valence electrons. The van der Waals surface area contributed by atoms with Crippen molar-refractivity contribution < 1.29 is 9.18 Å². The maximum absolute atomic E-state index is 13.0. The van der Waals surface area contributed by atoms with Crippen LogP contribution in [0.15, 0.2) is 54.6 Å². The lowest BCUT2D eigenvalue weighted by atomic mass is 10.1. The predicted molar refractivity (Wildman–Crippen MR) is 91.3 cm³/mol. The molecule has 0 unspecified atom stereocenters. The molecule has 0 saturated carbocycles. The Morgan fingerprint density at radius 2 is 1.83 bits per heavy atom. The summed E-state index contributed by atoms with van der Waals surface area (Å²) < 4.78 is 13.0. The van der Waals surface area contributed by atoms with Crippen LogP contribution in [0.4, 0.5) is 4.39 Å². The van der Waals surface area contributed by atoms with Gasteiger partial charge in [0.25, 0.3) is 5.91 Å². The number of rotatable bonds is 4. The predicted octanol–water partition coefficient (Wildman–Crippen LogP) is 4.36. The summed E-state index contributed by atoms with van der Waals surface area (Å²) in [6.45, 7) is 1.83. The van der Waals surface area contributed by atoms with Gasteiger partial charge in [-0.3, -0.25) is 9.89 Å². The van der Waals surface area contributed by atoms with Crippen molar-refractivity contribution in [2.45, 2.75) is 13.0 Å². The van der Waals surface area contributed by atoms with Crippen molar-refractivity contribution in [3.63, 3.8) is 0 Å². The summed E-state index contributed by atoms with van der Waals surface area (Å²) in [5.41, 5.74) is 2.70. The van der Waals surface area contributed by atoms with Gasteiger partial charge in [-0.25, -0.2) is 4.39 Å². The molecule has 4 nitrogen and oxygen atoms in total. The lowest BCUT2D eigenvalue weighted by molar-refractivity contribution is 0.0935. The smallest absolute Gasteiger partial charge is 0.269 e. The summed E-state index contributed by atoms with van der Waals surface area (Å²) in [6.07, 6.45) is 0. The number of nitrogens with zero attached hydrogens (tertiary/aromatic N) is 1. The molecular formula is C18H15ClFN3O. The summed E-state index contributed by atoms with van der Waals surface area (Å²) in [7, 11) is 0. The second-order valence-corrected chi connectivity index (χ2v) is 5.86. The summed E-state index contributed by atoms with van der Waals surface area (Å²) >= 11 is 5.86. The van der Waals surface area contributed by atoms with Gasteiger partial charge in [0.15, 0.2) is 0 Å². The molecule has 1 heterocycles. The summed E-state index contributed by atoms with van der Waals surface area (Å²) in [4.78, 5) is 12.3. The average molecular weight is 344 g/mol. The van der Waals surface area contributed by atoms with Crippen molar-refractivity contribution >= 4 is 17.5 Å². The van der Waals surface area contributed by atoms with Crippen molar-refractivity contribution in [2.24, 2.45) is 0 Å². The second kappa shape index (κ2) is 6.84. The van der Waals surface area contributed by atoms with Crippen molar-refractivity contribution in [1.82, 2.24) is 15.5 Å². The lowest BCUT2D eigenvalue weighted by Crippen LogP contribution is -2.26. The van der Waals surface area contributed by atoms with E-state index in [0.29, 0.717) is 16.4 Å². The van der Waals surface area contributed by atoms with Gasteiger partial charge in [-0.2, -0.15) is 5.10 Å². The minimum Gasteiger partial charge on any atom is -0.344 e. The Labute approximate surface area is 143 Å². The van der Waals surface area contributed by atoms with E-state index in [1.165, 1.54) is 12.1 Å². The number of hydrogen-bond donors (Lipinski definition) is 2. The van der Waals surface area contributed by atoms with Crippen LogP contribution in [0.5, 0.6) is 0 Å². The minimum absolute atomic E-state index is 0.250. The van der Waals surface area contributed by atoms with Crippen molar-refractivity contribution in [1.29, 1.82) is 0 Å². The number of aromatic nitrogens is 2. The third-order valence-corrected chi connectivity index (χ3v) is 3.93. The topological polar surface area (TPSA) is 57.8 Å². The Balaban J connectivity index is 1.71. The molecule has 2 N–H and O–H groups in total. The van der Waals surface area contributed by atoms with Gasteiger partial charge in [-0.1, -0.05) is 35.9 Å². The Kier molecular flexibility index (Phi) is 4.62. The van der Waals surface area contributed by atoms with Crippen LogP contribution in [0.3, 0.4) is 0 Å². The largest absolute Gasteiger partial charge is 0.344 e. The SMILES string of the molecule is C[C@H](NC(=O)c1cc(-c2ccc(Cl)cc2)n[nH]1)c1ccc(F)cc1. The van der Waals surface area contributed by atoms with E-state index >= 15 is 0 Å². The quantitative estimate of drug-likeness (QED) is 0.739. The fourth-order valence-electron chi connectivity index (χ4n) is 2.32. The highest BCUT2D eigenvalue weighted by atomic mass is 35.5. The number of amides is 1. The van der Waals surface area contributed by atoms with E-state index in [1.807, 2.05) is 19.1 Å². The molecule has 1 amide bonds. The second-order valence-electron chi connectivity index (χ2n) is 5.42. The number of halogens is 2. The third-order valence-electron chi connectivity index (χ3n) is 3.68. The summed E-state index contributed by atoms with van der Waals surface area (Å²) in [5, 5.41) is 10.4. The van der Waals surface area contributed by atoms with Crippen LogP contribution < -0.4 is 5.32 Å². The molecule has 6 heteroatoms. The lowest BCUT2D eigenvalue weighted by Gasteiger charge is -2.13. The molecule has 0 spiro atoms. The minimum atomic E-state index is -0.307. The van der Waals surface area contributed by atoms with Gasteiger partial charge in [0.05, 0.1) is 11.7 Å². The van der Waals surface area contributed by atoms with Crippen LogP contribution in [-0.4, -0.2) is 16.1 Å². The van der Waals surface area contributed by atoms with Crippen LogP contribution in [0.2, 0.25) is 5.02 Å². The fraction of sp³-hybridized carbons (Fsp3) is 0.111. The molecule has 0 aliphatic rings. The first kappa shape index (κ1) is 16.2. The Bertz CT molecular complexity index is 843. The maximum atomic E-state index is 13.0. The van der Waals surface area contributed by atoms with E-state index in [9.17, 15) is 9.18 Å². The monoisotopic (exact) mass is 343 g/mol. The molecule has 0 aliphatic carbocycles. The molecule has 3 rings (SSSR count). The molecule has 0 aliphatic heterocycles. The normalized spacial score (nSPS) is 12.0. The van der Waals surface area contributed by atoms with Crippen LogP contribution in [-0.2, 0) is 0 Å². The highest BCUT2D eigenvalue weighted by molar-refractivity contribution is 6.30. The zero-order valence-electron chi connectivity index (χ0n) is 12.9. The molecule has 3 aromatic rings. The van der Waals surface area contributed by atoms with Crippen molar-refractivity contribution in [2.75, 3.05) is 0 Å². The molecule has 1 aromatic heterocycles. The number of hydrogen-bond acceptors (Lipinski definition) is 2. The highest BCUT2D eigenvalue weighted by Gasteiger charge is 2.14. The molecule has 0 fully saturated rings. The van der Waals surface area contributed by atoms with Gasteiger partial charge in [0.1, 0.15) is 11.5 Å². The molecule has 0 saturated heterocycles. The Morgan fingerprint density at radius 1 is 1.17 bits per heavy atom. The number of aromatic amines is 1. The number of nitrogens with one attached hydrogen (secondary N) is 2. The molecule has 1 atom stereocenters. The Hall–Kier alpha value is -2.66. The number of carbonyl (C=O) groups excluding carboxylic acids is 1. The van der Waals surface area contributed by atoms with Crippen LogP contribution in [0.1, 0.15) is 29.0 Å². The van der Waals surface area contributed by atoms with Crippen LogP contribution >= 0.6 is 11.6 Å². The van der Waals surface area contributed by atoms with Crippen molar-refractivity contribution in [3.05, 3.63) is 76.7 Å². The summed E-state index contributed by atoms with van der Waals surface area (Å²) in [6, 6.07) is 14.7. The van der Waals surface area contributed by atoms with E-state index in [-0.39, 0.29) is 17.8 Å². The van der Waals surface area contributed by atoms with E-state index in [0.717, 1.165) is 11.1 Å². The molecule has 0 bridgehead atoms. The standard InChI is InChI=1S/C18H15ClFN3O/c1-11(12-4-8-15(20)9-5-12)21-18(24)17-10-16(22-23-17)13-2-6-14(19)7-3-13/h2-11H,1H3,(H,21,24)(H,22,23)/t11-/m0/s1. The first-order chi connectivity index (χ1) is 11.5. The fourth-order valence-corrected chi connectivity index (χ4v) is 2.44. The zero-order valence-corrected chi connectivity index (χ0v) is 13.6. The average Bonchev–Trinajstić information content (AvgIpc) is 3.06. The first-order valence-corrected chi connectivity index (χ1v) is 7.78. The number of carbonyl (C=O) groups is 1. The van der Waals surface area contributed by atoms with E-state index in [4.69, 9.17) is 11.6 Å². The van der Waals surface area contributed by atoms with Gasteiger partial charge < -0.3 is 5.32 Å². The van der Waals surface area contributed by atoms with Gasteiger partial charge in [-0.05, 0) is 42.8 Å². The molecule has 0 radical (unpaired) electrons. The molecular weight excluding hydrogens is 329 g/mol. The van der Waals surface area contributed by atoms with Crippen LogP contribution in [0.25, 0.3) is 11.3 Å². The molecule has 2 aromatic carbocycles. The summed E-state index contributed by atoms with van der Waals surface area (Å²) in [5.74, 6) is -0.585. The molecule has 24 heavy (non-hydrogen) atoms. The van der Waals surface area contributed by atoms with E-state index in [1.54, 1.807) is 30.3 Å². The van der Waals surface area contributed by atoms with Crippen molar-refractivity contribution in [3.8, 4) is 11.3 Å². The zero-order chi connectivity index (χ0) is 17.1. The van der Waals surface area contributed by atoms with Gasteiger partial charge in [0.2, 0.25) is 0 Å². The van der Waals surface area contributed by atoms with Gasteiger partial charge >= 0.3 is 0 Å². The highest BCUT2D eigenvalue weighted by Crippen LogP contribution is 2.20. The van der Waals surface area contributed by atoms with Gasteiger partial charge in [0, 0.05) is 10.6 Å². The van der Waals surface area contributed by atoms with Gasteiger partial charge in [-0.15, -0.1) is 0 Å². The number of H-pyrrole nitrogens is 1. The van der Waals surface area contributed by atoms with Crippen LogP contribution in [0, 0.1) is 5.82 Å². The maximum Gasteiger partial charge on any atom is 0.269 e.